The van der Waals surface area contributed by atoms with E-state index in [0.717, 1.165) is 11.4 Å². The van der Waals surface area contributed by atoms with Crippen LogP contribution in [-0.2, 0) is 0 Å². The van der Waals surface area contributed by atoms with Crippen molar-refractivity contribution in [3.8, 4) is 0 Å². The number of hydrogen-bond donors (Lipinski definition) is 2. The zero-order valence-electron chi connectivity index (χ0n) is 9.33. The molecule has 0 saturated heterocycles. The first-order valence-electron chi connectivity index (χ1n) is 4.95. The quantitative estimate of drug-likeness (QED) is 0.809. The number of nitrogens with zero attached hydrogens (tertiary/aromatic N) is 1. The summed E-state index contributed by atoms with van der Waals surface area (Å²) >= 11 is 10.2. The Labute approximate surface area is 106 Å². The highest BCUT2D eigenvalue weighted by Gasteiger charge is 2.14. The van der Waals surface area contributed by atoms with Gasteiger partial charge in [-0.3, -0.25) is 4.79 Å². The molecule has 0 radical (unpaired) electrons. The third-order valence-corrected chi connectivity index (χ3v) is 2.83. The molecule has 1 amide bonds. The van der Waals surface area contributed by atoms with Gasteiger partial charge in [-0.05, 0) is 25.2 Å². The van der Waals surface area contributed by atoms with Crippen LogP contribution in [-0.4, -0.2) is 38.0 Å². The monoisotopic (exact) mass is 258 g/mol. The van der Waals surface area contributed by atoms with Crippen molar-refractivity contribution >= 4 is 30.1 Å². The Balaban J connectivity index is 2.83. The summed E-state index contributed by atoms with van der Waals surface area (Å²) < 4.78 is 0. The van der Waals surface area contributed by atoms with E-state index >= 15 is 0 Å². The molecule has 0 heterocycles. The number of halogens is 1. The fraction of sp³-hybridized carbons (Fsp3) is 0.364. The van der Waals surface area contributed by atoms with Gasteiger partial charge in [-0.2, -0.15) is 0 Å². The molecular weight excluding hydrogens is 244 g/mol. The summed E-state index contributed by atoms with van der Waals surface area (Å²) in [6, 6.07) is 5.13. The van der Waals surface area contributed by atoms with E-state index in [0.29, 0.717) is 17.1 Å². The molecule has 0 aliphatic carbocycles. The number of rotatable bonds is 4. The zero-order valence-corrected chi connectivity index (χ0v) is 11.0. The van der Waals surface area contributed by atoms with Crippen LogP contribution in [0.2, 0.25) is 5.02 Å². The van der Waals surface area contributed by atoms with Crippen molar-refractivity contribution in [2.24, 2.45) is 0 Å². The van der Waals surface area contributed by atoms with Gasteiger partial charge in [-0.25, -0.2) is 0 Å². The SMILES string of the molecule is CNCCN(C)C(=O)c1cc(S)ccc1Cl. The Morgan fingerprint density at radius 2 is 2.25 bits per heavy atom. The predicted octanol–water partition coefficient (Wildman–Crippen LogP) is 1.92. The van der Waals surface area contributed by atoms with Crippen LogP contribution in [0.1, 0.15) is 10.4 Å². The van der Waals surface area contributed by atoms with Gasteiger partial charge in [0.1, 0.15) is 0 Å². The van der Waals surface area contributed by atoms with Gasteiger partial charge in [-0.15, -0.1) is 12.6 Å². The molecule has 0 saturated carbocycles. The van der Waals surface area contributed by atoms with Crippen LogP contribution in [0.3, 0.4) is 0 Å². The van der Waals surface area contributed by atoms with Crippen LogP contribution in [0.5, 0.6) is 0 Å². The third kappa shape index (κ3) is 3.40. The van der Waals surface area contributed by atoms with Crippen molar-refractivity contribution in [2.75, 3.05) is 27.2 Å². The first-order chi connectivity index (χ1) is 7.56. The summed E-state index contributed by atoms with van der Waals surface area (Å²) in [7, 11) is 3.60. The van der Waals surface area contributed by atoms with E-state index in [1.165, 1.54) is 0 Å². The number of carbonyl (C=O) groups excluding carboxylic acids is 1. The van der Waals surface area contributed by atoms with Gasteiger partial charge >= 0.3 is 0 Å². The normalized spacial score (nSPS) is 10.2. The van der Waals surface area contributed by atoms with Gasteiger partial charge in [0.25, 0.3) is 5.91 Å². The molecule has 1 rings (SSSR count). The molecule has 0 fully saturated rings. The first kappa shape index (κ1) is 13.4. The predicted molar refractivity (Wildman–Crippen MR) is 69.6 cm³/mol. The second-order valence-corrected chi connectivity index (χ2v) is 4.42. The number of likely N-dealkylation sites (N-methyl/N-ethyl adjacent to an activating group) is 2. The van der Waals surface area contributed by atoms with E-state index in [1.54, 1.807) is 30.1 Å². The van der Waals surface area contributed by atoms with Crippen LogP contribution in [0.4, 0.5) is 0 Å². The molecule has 88 valence electrons. The van der Waals surface area contributed by atoms with Crippen molar-refractivity contribution in [3.05, 3.63) is 28.8 Å². The molecule has 1 aromatic rings. The van der Waals surface area contributed by atoms with Crippen molar-refractivity contribution in [2.45, 2.75) is 4.90 Å². The Hall–Kier alpha value is -0.710. The maximum atomic E-state index is 12.0. The third-order valence-electron chi connectivity index (χ3n) is 2.22. The fourth-order valence-corrected chi connectivity index (χ4v) is 1.67. The van der Waals surface area contributed by atoms with Crippen molar-refractivity contribution < 1.29 is 4.79 Å². The number of thiol groups is 1. The molecule has 5 heteroatoms. The lowest BCUT2D eigenvalue weighted by Crippen LogP contribution is -2.32. The highest BCUT2D eigenvalue weighted by atomic mass is 35.5. The Morgan fingerprint density at radius 1 is 1.56 bits per heavy atom. The summed E-state index contributed by atoms with van der Waals surface area (Å²) in [6.07, 6.45) is 0. The Morgan fingerprint density at radius 3 is 2.88 bits per heavy atom. The molecule has 0 unspecified atom stereocenters. The Bertz CT molecular complexity index is 384. The fourth-order valence-electron chi connectivity index (χ4n) is 1.26. The van der Waals surface area contributed by atoms with Crippen molar-refractivity contribution in [3.63, 3.8) is 0 Å². The molecule has 0 spiro atoms. The number of benzene rings is 1. The van der Waals surface area contributed by atoms with E-state index < -0.39 is 0 Å². The molecular formula is C11H15ClN2OS. The zero-order chi connectivity index (χ0) is 12.1. The molecule has 0 aliphatic rings. The molecule has 0 aromatic heterocycles. The van der Waals surface area contributed by atoms with Crippen LogP contribution in [0.15, 0.2) is 23.1 Å². The number of hydrogen-bond acceptors (Lipinski definition) is 3. The van der Waals surface area contributed by atoms with Gasteiger partial charge in [0.2, 0.25) is 0 Å². The van der Waals surface area contributed by atoms with Crippen molar-refractivity contribution in [1.29, 1.82) is 0 Å². The lowest BCUT2D eigenvalue weighted by Gasteiger charge is -2.17. The molecule has 1 N–H and O–H groups in total. The highest BCUT2D eigenvalue weighted by Crippen LogP contribution is 2.20. The van der Waals surface area contributed by atoms with E-state index in [4.69, 9.17) is 11.6 Å². The van der Waals surface area contributed by atoms with Crippen LogP contribution < -0.4 is 5.32 Å². The highest BCUT2D eigenvalue weighted by molar-refractivity contribution is 7.80. The number of nitrogens with one attached hydrogen (secondary N) is 1. The van der Waals surface area contributed by atoms with Gasteiger partial charge in [0.05, 0.1) is 10.6 Å². The lowest BCUT2D eigenvalue weighted by molar-refractivity contribution is 0.0797. The average molecular weight is 259 g/mol. The van der Waals surface area contributed by atoms with E-state index in [9.17, 15) is 4.79 Å². The molecule has 3 nitrogen and oxygen atoms in total. The molecule has 0 atom stereocenters. The standard InChI is InChI=1S/C11H15ClN2OS/c1-13-5-6-14(2)11(15)9-7-8(16)3-4-10(9)12/h3-4,7,13,16H,5-6H2,1-2H3. The average Bonchev–Trinajstić information content (AvgIpc) is 2.28. The number of amides is 1. The second-order valence-electron chi connectivity index (χ2n) is 3.49. The minimum Gasteiger partial charge on any atom is -0.340 e. The van der Waals surface area contributed by atoms with Crippen LogP contribution in [0.25, 0.3) is 0 Å². The molecule has 0 bridgehead atoms. The topological polar surface area (TPSA) is 32.3 Å². The Kier molecular flexibility index (Phi) is 5.12. The molecule has 16 heavy (non-hydrogen) atoms. The summed E-state index contributed by atoms with van der Waals surface area (Å²) in [5.41, 5.74) is 0.493. The van der Waals surface area contributed by atoms with Crippen LogP contribution >= 0.6 is 24.2 Å². The van der Waals surface area contributed by atoms with E-state index in [2.05, 4.69) is 17.9 Å². The second kappa shape index (κ2) is 6.13. The lowest BCUT2D eigenvalue weighted by atomic mass is 10.2. The summed E-state index contributed by atoms with van der Waals surface area (Å²) in [5, 5.41) is 3.45. The van der Waals surface area contributed by atoms with Gasteiger partial charge < -0.3 is 10.2 Å². The summed E-state index contributed by atoms with van der Waals surface area (Å²) in [6.45, 7) is 1.39. The summed E-state index contributed by atoms with van der Waals surface area (Å²) in [5.74, 6) is -0.0869. The first-order valence-corrected chi connectivity index (χ1v) is 5.77. The van der Waals surface area contributed by atoms with Gasteiger partial charge in [0.15, 0.2) is 0 Å². The largest absolute Gasteiger partial charge is 0.340 e. The van der Waals surface area contributed by atoms with E-state index in [1.807, 2.05) is 7.05 Å². The minimum atomic E-state index is -0.0869. The maximum Gasteiger partial charge on any atom is 0.255 e. The molecule has 0 aliphatic heterocycles. The van der Waals surface area contributed by atoms with Crippen molar-refractivity contribution in [1.82, 2.24) is 10.2 Å². The molecule has 1 aromatic carbocycles. The van der Waals surface area contributed by atoms with E-state index in [-0.39, 0.29) is 5.91 Å². The van der Waals surface area contributed by atoms with Crippen LogP contribution in [0, 0.1) is 0 Å². The minimum absolute atomic E-state index is 0.0869. The number of carbonyl (C=O) groups is 1. The smallest absolute Gasteiger partial charge is 0.255 e. The van der Waals surface area contributed by atoms with Gasteiger partial charge in [0, 0.05) is 25.0 Å². The maximum absolute atomic E-state index is 12.0. The summed E-state index contributed by atoms with van der Waals surface area (Å²) in [4.78, 5) is 14.4. The van der Waals surface area contributed by atoms with Gasteiger partial charge in [-0.1, -0.05) is 11.6 Å².